The lowest BCUT2D eigenvalue weighted by Crippen LogP contribution is -2.14. The van der Waals surface area contributed by atoms with E-state index >= 15 is 0 Å². The molecule has 0 fully saturated rings. The van der Waals surface area contributed by atoms with Gasteiger partial charge in [0.05, 0.1) is 6.54 Å². The van der Waals surface area contributed by atoms with Gasteiger partial charge in [-0.3, -0.25) is 4.68 Å². The van der Waals surface area contributed by atoms with Crippen molar-refractivity contribution in [3.05, 3.63) is 41.5 Å². The number of phenolic OH excluding ortho intramolecular Hbond substituents is 1. The van der Waals surface area contributed by atoms with E-state index in [0.29, 0.717) is 17.9 Å². The molecule has 18 heavy (non-hydrogen) atoms. The fourth-order valence-electron chi connectivity index (χ4n) is 1.50. The molecule has 96 valence electrons. The van der Waals surface area contributed by atoms with Gasteiger partial charge in [0, 0.05) is 13.6 Å². The molecule has 0 aliphatic rings. The van der Waals surface area contributed by atoms with Crippen molar-refractivity contribution in [2.24, 2.45) is 7.05 Å². The van der Waals surface area contributed by atoms with Crippen LogP contribution in [0, 0.1) is 11.6 Å². The number of nitrogens with one attached hydrogen (secondary N) is 1. The summed E-state index contributed by atoms with van der Waals surface area (Å²) in [7, 11) is 1.75. The molecule has 0 saturated heterocycles. The second kappa shape index (κ2) is 5.09. The Hall–Kier alpha value is -2.02. The lowest BCUT2D eigenvalue weighted by molar-refractivity contribution is 0.395. The van der Waals surface area contributed by atoms with Crippen molar-refractivity contribution in [2.45, 2.75) is 13.1 Å². The van der Waals surface area contributed by atoms with E-state index in [-0.39, 0.29) is 6.54 Å². The van der Waals surface area contributed by atoms with Crippen LogP contribution in [-0.2, 0) is 20.1 Å². The first-order chi connectivity index (χ1) is 8.56. The Labute approximate surface area is 102 Å². The van der Waals surface area contributed by atoms with Crippen molar-refractivity contribution in [3.8, 4) is 5.75 Å². The van der Waals surface area contributed by atoms with Crippen LogP contribution in [0.1, 0.15) is 11.4 Å². The van der Waals surface area contributed by atoms with Crippen LogP contribution in [0.4, 0.5) is 8.78 Å². The van der Waals surface area contributed by atoms with Crippen LogP contribution in [0.3, 0.4) is 0 Å². The largest absolute Gasteiger partial charge is 0.503 e. The van der Waals surface area contributed by atoms with E-state index in [0.717, 1.165) is 12.1 Å². The van der Waals surface area contributed by atoms with Crippen molar-refractivity contribution in [1.29, 1.82) is 0 Å². The van der Waals surface area contributed by atoms with Crippen LogP contribution in [0.15, 0.2) is 18.5 Å². The minimum absolute atomic E-state index is 0.256. The Morgan fingerprint density at radius 1 is 1.28 bits per heavy atom. The molecule has 0 aliphatic carbocycles. The summed E-state index contributed by atoms with van der Waals surface area (Å²) >= 11 is 0. The smallest absolute Gasteiger partial charge is 0.187 e. The van der Waals surface area contributed by atoms with Crippen LogP contribution in [0.5, 0.6) is 5.75 Å². The number of nitrogens with zero attached hydrogens (tertiary/aromatic N) is 3. The first kappa shape index (κ1) is 12.4. The summed E-state index contributed by atoms with van der Waals surface area (Å²) in [6.45, 7) is 0.650. The molecular formula is C11H12F2N4O. The Balaban J connectivity index is 1.94. The monoisotopic (exact) mass is 254 g/mol. The lowest BCUT2D eigenvalue weighted by Gasteiger charge is -2.04. The number of hydrogen-bond acceptors (Lipinski definition) is 4. The maximum atomic E-state index is 13.0. The summed E-state index contributed by atoms with van der Waals surface area (Å²) in [5, 5.41) is 15.9. The van der Waals surface area contributed by atoms with E-state index in [2.05, 4.69) is 15.4 Å². The van der Waals surface area contributed by atoms with Crippen molar-refractivity contribution in [3.63, 3.8) is 0 Å². The minimum Gasteiger partial charge on any atom is -0.503 e. The van der Waals surface area contributed by atoms with Gasteiger partial charge in [-0.2, -0.15) is 5.10 Å². The van der Waals surface area contributed by atoms with Gasteiger partial charge >= 0.3 is 0 Å². The van der Waals surface area contributed by atoms with E-state index in [1.807, 2.05) is 0 Å². The molecule has 5 nitrogen and oxygen atoms in total. The van der Waals surface area contributed by atoms with E-state index in [1.54, 1.807) is 18.1 Å². The highest BCUT2D eigenvalue weighted by Crippen LogP contribution is 2.21. The number of rotatable bonds is 4. The average Bonchev–Trinajstić information content (AvgIpc) is 2.72. The molecule has 2 rings (SSSR count). The second-order valence-corrected chi connectivity index (χ2v) is 3.85. The van der Waals surface area contributed by atoms with E-state index in [4.69, 9.17) is 5.11 Å². The van der Waals surface area contributed by atoms with Crippen molar-refractivity contribution >= 4 is 0 Å². The van der Waals surface area contributed by atoms with Crippen LogP contribution in [-0.4, -0.2) is 19.9 Å². The third-order valence-corrected chi connectivity index (χ3v) is 2.34. The molecule has 0 bridgehead atoms. The number of aromatic nitrogens is 3. The number of benzene rings is 1. The highest BCUT2D eigenvalue weighted by atomic mass is 19.1. The van der Waals surface area contributed by atoms with Gasteiger partial charge in [-0.05, 0) is 17.7 Å². The zero-order valence-corrected chi connectivity index (χ0v) is 9.69. The quantitative estimate of drug-likeness (QED) is 0.857. The van der Waals surface area contributed by atoms with Gasteiger partial charge in [-0.25, -0.2) is 13.8 Å². The van der Waals surface area contributed by atoms with Crippen molar-refractivity contribution in [2.75, 3.05) is 0 Å². The summed E-state index contributed by atoms with van der Waals surface area (Å²) < 4.78 is 27.7. The SMILES string of the molecule is Cn1cnc(CNCc2cc(F)c(O)c(F)c2)n1. The fourth-order valence-corrected chi connectivity index (χ4v) is 1.50. The molecule has 1 aromatic heterocycles. The Kier molecular flexibility index (Phi) is 3.52. The molecule has 0 atom stereocenters. The maximum absolute atomic E-state index is 13.0. The van der Waals surface area contributed by atoms with Crippen LogP contribution >= 0.6 is 0 Å². The topological polar surface area (TPSA) is 63.0 Å². The standard InChI is InChI=1S/C11H12F2N4O/c1-17-6-15-10(16-17)5-14-4-7-2-8(12)11(18)9(13)3-7/h2-3,6,14,18H,4-5H2,1H3. The number of hydrogen-bond donors (Lipinski definition) is 2. The minimum atomic E-state index is -0.970. The lowest BCUT2D eigenvalue weighted by atomic mass is 10.2. The van der Waals surface area contributed by atoms with E-state index in [1.165, 1.54) is 0 Å². The zero-order chi connectivity index (χ0) is 13.1. The van der Waals surface area contributed by atoms with E-state index in [9.17, 15) is 8.78 Å². The predicted octanol–water partition coefficient (Wildman–Crippen LogP) is 1.09. The van der Waals surface area contributed by atoms with Crippen LogP contribution < -0.4 is 5.32 Å². The summed E-state index contributed by atoms with van der Waals surface area (Å²) in [4.78, 5) is 4.00. The average molecular weight is 254 g/mol. The predicted molar refractivity (Wildman–Crippen MR) is 59.6 cm³/mol. The first-order valence-corrected chi connectivity index (χ1v) is 5.28. The number of halogens is 2. The Morgan fingerprint density at radius 3 is 2.50 bits per heavy atom. The summed E-state index contributed by atoms with van der Waals surface area (Å²) in [6, 6.07) is 2.16. The second-order valence-electron chi connectivity index (χ2n) is 3.85. The molecule has 2 aromatic rings. The van der Waals surface area contributed by atoms with Crippen molar-refractivity contribution < 1.29 is 13.9 Å². The third kappa shape index (κ3) is 2.80. The van der Waals surface area contributed by atoms with Gasteiger partial charge in [0.25, 0.3) is 0 Å². The summed E-state index contributed by atoms with van der Waals surface area (Å²) in [6.07, 6.45) is 1.57. The molecule has 1 aromatic carbocycles. The summed E-state index contributed by atoms with van der Waals surface area (Å²) in [5.41, 5.74) is 0.402. The van der Waals surface area contributed by atoms with Gasteiger partial charge in [0.2, 0.25) is 0 Å². The first-order valence-electron chi connectivity index (χ1n) is 5.28. The Bertz CT molecular complexity index is 533. The summed E-state index contributed by atoms with van der Waals surface area (Å²) in [5.74, 6) is -2.30. The molecular weight excluding hydrogens is 242 g/mol. The maximum Gasteiger partial charge on any atom is 0.187 e. The fraction of sp³-hybridized carbons (Fsp3) is 0.273. The van der Waals surface area contributed by atoms with Crippen LogP contribution in [0.2, 0.25) is 0 Å². The Morgan fingerprint density at radius 2 is 1.94 bits per heavy atom. The molecule has 7 heteroatoms. The molecule has 1 heterocycles. The normalized spacial score (nSPS) is 10.8. The molecule has 0 amide bonds. The van der Waals surface area contributed by atoms with E-state index < -0.39 is 17.4 Å². The highest BCUT2D eigenvalue weighted by molar-refractivity contribution is 5.29. The number of aromatic hydroxyl groups is 1. The number of phenols is 1. The van der Waals surface area contributed by atoms with Gasteiger partial charge in [0.15, 0.2) is 23.2 Å². The van der Waals surface area contributed by atoms with Crippen molar-refractivity contribution in [1.82, 2.24) is 20.1 Å². The van der Waals surface area contributed by atoms with Gasteiger partial charge in [-0.15, -0.1) is 0 Å². The van der Waals surface area contributed by atoms with Gasteiger partial charge in [-0.1, -0.05) is 0 Å². The highest BCUT2D eigenvalue weighted by Gasteiger charge is 2.09. The van der Waals surface area contributed by atoms with Crippen LogP contribution in [0.25, 0.3) is 0 Å². The molecule has 0 aliphatic heterocycles. The number of aryl methyl sites for hydroxylation is 1. The molecule has 0 unspecified atom stereocenters. The molecule has 0 radical (unpaired) electrons. The molecule has 0 spiro atoms. The zero-order valence-electron chi connectivity index (χ0n) is 9.69. The third-order valence-electron chi connectivity index (χ3n) is 2.34. The molecule has 0 saturated carbocycles. The van der Waals surface area contributed by atoms with Gasteiger partial charge in [0.1, 0.15) is 6.33 Å². The molecule has 2 N–H and O–H groups in total. The van der Waals surface area contributed by atoms with Gasteiger partial charge < -0.3 is 10.4 Å².